The fourth-order valence-electron chi connectivity index (χ4n) is 5.31. The molecule has 3 aliphatic heterocycles. The first-order valence-corrected chi connectivity index (χ1v) is 12.5. The molecule has 3 amide bonds. The molecule has 3 heterocycles. The molecule has 0 N–H and O–H groups in total. The number of nitrogens with zero attached hydrogens (tertiary/aromatic N) is 3. The van der Waals surface area contributed by atoms with Crippen molar-refractivity contribution in [2.75, 3.05) is 44.2 Å². The number of aryl methyl sites for hydroxylation is 1. The quantitative estimate of drug-likeness (QED) is 0.618. The van der Waals surface area contributed by atoms with E-state index in [2.05, 4.69) is 0 Å². The molecule has 1 atom stereocenters. The van der Waals surface area contributed by atoms with Gasteiger partial charge in [0.1, 0.15) is 0 Å². The summed E-state index contributed by atoms with van der Waals surface area (Å²) < 4.78 is 5.11. The first kappa shape index (κ1) is 24.2. The second-order valence-electron chi connectivity index (χ2n) is 9.69. The second-order valence-corrected chi connectivity index (χ2v) is 9.69. The van der Waals surface area contributed by atoms with Crippen LogP contribution in [0.2, 0.25) is 0 Å². The van der Waals surface area contributed by atoms with E-state index >= 15 is 0 Å². The van der Waals surface area contributed by atoms with Crippen molar-refractivity contribution in [1.29, 1.82) is 0 Å². The molecule has 8 nitrogen and oxygen atoms in total. The highest BCUT2D eigenvalue weighted by atomic mass is 16.5. The lowest BCUT2D eigenvalue weighted by atomic mass is 9.91. The van der Waals surface area contributed by atoms with Crippen LogP contribution in [0.3, 0.4) is 0 Å². The van der Waals surface area contributed by atoms with Gasteiger partial charge in [0, 0.05) is 50.7 Å². The molecule has 1 aromatic rings. The van der Waals surface area contributed by atoms with Gasteiger partial charge in [-0.05, 0) is 51.7 Å². The summed E-state index contributed by atoms with van der Waals surface area (Å²) in [5.41, 5.74) is 1.96. The molecular weight excluding hydrogens is 434 g/mol. The highest BCUT2D eigenvalue weighted by Crippen LogP contribution is 2.29. The van der Waals surface area contributed by atoms with Gasteiger partial charge >= 0.3 is 5.97 Å². The Morgan fingerprint density at radius 1 is 0.853 bits per heavy atom. The van der Waals surface area contributed by atoms with Gasteiger partial charge in [-0.1, -0.05) is 17.7 Å². The van der Waals surface area contributed by atoms with Crippen molar-refractivity contribution in [2.45, 2.75) is 46.0 Å². The SMILES string of the molecule is CCOC(=O)C1CCN(C(=O)C2CCN(C(=O)C3CC(=O)N(c4ccc(C)cc4)C3)CC2)CC1. The fourth-order valence-corrected chi connectivity index (χ4v) is 5.31. The molecule has 0 radical (unpaired) electrons. The van der Waals surface area contributed by atoms with Gasteiger partial charge in [0.2, 0.25) is 17.7 Å². The minimum Gasteiger partial charge on any atom is -0.466 e. The minimum atomic E-state index is -0.331. The number of ether oxygens (including phenoxy) is 1. The molecule has 0 bridgehead atoms. The molecule has 184 valence electrons. The van der Waals surface area contributed by atoms with Gasteiger partial charge in [-0.15, -0.1) is 0 Å². The lowest BCUT2D eigenvalue weighted by molar-refractivity contribution is -0.152. The molecule has 3 saturated heterocycles. The van der Waals surface area contributed by atoms with Gasteiger partial charge in [-0.2, -0.15) is 0 Å². The summed E-state index contributed by atoms with van der Waals surface area (Å²) in [6.07, 6.45) is 2.82. The zero-order valence-corrected chi connectivity index (χ0v) is 20.2. The Bertz CT molecular complexity index is 915. The molecule has 0 aromatic heterocycles. The third-order valence-electron chi connectivity index (χ3n) is 7.40. The van der Waals surface area contributed by atoms with Gasteiger partial charge in [-0.25, -0.2) is 0 Å². The van der Waals surface area contributed by atoms with Crippen LogP contribution in [-0.2, 0) is 23.9 Å². The molecule has 1 unspecified atom stereocenters. The summed E-state index contributed by atoms with van der Waals surface area (Å²) in [7, 11) is 0. The maximum absolute atomic E-state index is 13.1. The van der Waals surface area contributed by atoms with Crippen molar-refractivity contribution in [3.8, 4) is 0 Å². The number of benzene rings is 1. The predicted octanol–water partition coefficient (Wildman–Crippen LogP) is 2.39. The maximum atomic E-state index is 13.1. The molecule has 8 heteroatoms. The normalized spacial score (nSPS) is 22.2. The van der Waals surface area contributed by atoms with Crippen LogP contribution in [0.1, 0.15) is 44.6 Å². The summed E-state index contributed by atoms with van der Waals surface area (Å²) >= 11 is 0. The summed E-state index contributed by atoms with van der Waals surface area (Å²) in [6, 6.07) is 7.79. The van der Waals surface area contributed by atoms with Crippen molar-refractivity contribution in [3.63, 3.8) is 0 Å². The van der Waals surface area contributed by atoms with E-state index in [-0.39, 0.29) is 47.9 Å². The molecule has 0 aliphatic carbocycles. The Kier molecular flexibility index (Phi) is 7.54. The predicted molar refractivity (Wildman–Crippen MR) is 127 cm³/mol. The molecule has 34 heavy (non-hydrogen) atoms. The third-order valence-corrected chi connectivity index (χ3v) is 7.40. The van der Waals surface area contributed by atoms with E-state index in [1.54, 1.807) is 11.8 Å². The fraction of sp³-hybridized carbons (Fsp3) is 0.615. The summed E-state index contributed by atoms with van der Waals surface area (Å²) in [5, 5.41) is 0. The number of rotatable bonds is 5. The van der Waals surface area contributed by atoms with E-state index in [4.69, 9.17) is 4.74 Å². The molecule has 3 aliphatic rings. The van der Waals surface area contributed by atoms with E-state index in [9.17, 15) is 19.2 Å². The Morgan fingerprint density at radius 3 is 1.94 bits per heavy atom. The highest BCUT2D eigenvalue weighted by Gasteiger charge is 2.39. The Morgan fingerprint density at radius 2 is 1.38 bits per heavy atom. The molecule has 0 spiro atoms. The van der Waals surface area contributed by atoms with Crippen LogP contribution in [0.25, 0.3) is 0 Å². The summed E-state index contributed by atoms with van der Waals surface area (Å²) in [6.45, 7) is 6.86. The average Bonchev–Trinajstić information content (AvgIpc) is 3.25. The first-order valence-electron chi connectivity index (χ1n) is 12.5. The van der Waals surface area contributed by atoms with E-state index < -0.39 is 0 Å². The number of likely N-dealkylation sites (tertiary alicyclic amines) is 2. The number of carbonyl (C=O) groups is 4. The van der Waals surface area contributed by atoms with Crippen molar-refractivity contribution < 1.29 is 23.9 Å². The smallest absolute Gasteiger partial charge is 0.309 e. The number of amides is 3. The zero-order valence-electron chi connectivity index (χ0n) is 20.2. The van der Waals surface area contributed by atoms with Crippen LogP contribution >= 0.6 is 0 Å². The first-order chi connectivity index (χ1) is 16.4. The van der Waals surface area contributed by atoms with Crippen LogP contribution < -0.4 is 4.90 Å². The van der Waals surface area contributed by atoms with Crippen molar-refractivity contribution in [1.82, 2.24) is 9.80 Å². The molecule has 1 aromatic carbocycles. The zero-order chi connectivity index (χ0) is 24.2. The Labute approximate surface area is 201 Å². The van der Waals surface area contributed by atoms with E-state index in [0.717, 1.165) is 11.3 Å². The lowest BCUT2D eigenvalue weighted by Crippen LogP contribution is -2.48. The Balaban J connectivity index is 1.25. The number of esters is 1. The highest BCUT2D eigenvalue weighted by molar-refractivity contribution is 6.00. The average molecular weight is 470 g/mol. The van der Waals surface area contributed by atoms with Gasteiger partial charge in [-0.3, -0.25) is 19.2 Å². The topological polar surface area (TPSA) is 87.2 Å². The number of piperidine rings is 2. The van der Waals surface area contributed by atoms with Gasteiger partial charge in [0.15, 0.2) is 0 Å². The van der Waals surface area contributed by atoms with Crippen LogP contribution in [0.4, 0.5) is 5.69 Å². The van der Waals surface area contributed by atoms with Crippen molar-refractivity contribution in [2.24, 2.45) is 17.8 Å². The number of hydrogen-bond acceptors (Lipinski definition) is 5. The van der Waals surface area contributed by atoms with Crippen molar-refractivity contribution >= 4 is 29.4 Å². The van der Waals surface area contributed by atoms with E-state index in [0.29, 0.717) is 65.0 Å². The van der Waals surface area contributed by atoms with Gasteiger partial charge in [0.25, 0.3) is 0 Å². The van der Waals surface area contributed by atoms with Gasteiger partial charge in [0.05, 0.1) is 18.4 Å². The third kappa shape index (κ3) is 5.26. The van der Waals surface area contributed by atoms with E-state index in [1.807, 2.05) is 41.0 Å². The summed E-state index contributed by atoms with van der Waals surface area (Å²) in [4.78, 5) is 56.0. The molecule has 0 saturated carbocycles. The number of carbonyl (C=O) groups excluding carboxylic acids is 4. The van der Waals surface area contributed by atoms with Crippen LogP contribution in [0.5, 0.6) is 0 Å². The summed E-state index contributed by atoms with van der Waals surface area (Å²) in [5.74, 6) is -0.552. The van der Waals surface area contributed by atoms with Crippen LogP contribution in [0.15, 0.2) is 24.3 Å². The standard InChI is InChI=1S/C26H35N3O5/c1-3-34-26(33)20-10-14-27(15-11-20)24(31)19-8-12-28(13-9-19)25(32)21-16-23(30)29(17-21)22-6-4-18(2)5-7-22/h4-7,19-21H,3,8-17H2,1-2H3. The Hall–Kier alpha value is -2.90. The number of hydrogen-bond donors (Lipinski definition) is 0. The molecular formula is C26H35N3O5. The molecule has 3 fully saturated rings. The van der Waals surface area contributed by atoms with Crippen molar-refractivity contribution in [3.05, 3.63) is 29.8 Å². The monoisotopic (exact) mass is 469 g/mol. The van der Waals surface area contributed by atoms with Crippen LogP contribution in [-0.4, -0.2) is 72.8 Å². The molecule has 4 rings (SSSR count). The second kappa shape index (κ2) is 10.6. The van der Waals surface area contributed by atoms with Gasteiger partial charge < -0.3 is 19.4 Å². The lowest BCUT2D eigenvalue weighted by Gasteiger charge is -2.37. The largest absolute Gasteiger partial charge is 0.466 e. The minimum absolute atomic E-state index is 0.0153. The van der Waals surface area contributed by atoms with E-state index in [1.165, 1.54) is 0 Å². The maximum Gasteiger partial charge on any atom is 0.309 e. The number of anilines is 1. The van der Waals surface area contributed by atoms with Crippen LogP contribution in [0, 0.1) is 24.7 Å².